The number of rotatable bonds is 5. The molecule has 1 N–H and O–H groups in total. The number of carbonyl (C=O) groups excluding carboxylic acids is 1. The number of likely N-dealkylation sites (tertiary alicyclic amines) is 1. The zero-order valence-electron chi connectivity index (χ0n) is 18.0. The van der Waals surface area contributed by atoms with Gasteiger partial charge in [-0.25, -0.2) is 9.97 Å². The standard InChI is InChI=1S/C24H27N5OS/c1-15-5-8-20(16(2)14-15)31-23-19(4-3-11-25-23)24(30)29-12-9-18(10-13-29)22-26-21(27-28-22)17-6-7-17/h3-5,8,11,14,17-18H,6-7,9-10,12-13H2,1-2H3,(H,26,27,28). The number of hydrogen-bond acceptors (Lipinski definition) is 5. The lowest BCUT2D eigenvalue weighted by Gasteiger charge is -2.31. The number of hydrogen-bond donors (Lipinski definition) is 1. The number of nitrogens with one attached hydrogen (secondary N) is 1. The molecule has 5 rings (SSSR count). The fourth-order valence-corrected chi connectivity index (χ4v) is 5.12. The van der Waals surface area contributed by atoms with Crippen molar-refractivity contribution in [3.63, 3.8) is 0 Å². The second kappa shape index (κ2) is 8.46. The van der Waals surface area contributed by atoms with Gasteiger partial charge in [0, 0.05) is 36.0 Å². The molecule has 0 radical (unpaired) electrons. The van der Waals surface area contributed by atoms with Gasteiger partial charge in [0.1, 0.15) is 10.9 Å². The van der Waals surface area contributed by atoms with Gasteiger partial charge in [0.15, 0.2) is 5.82 Å². The fourth-order valence-electron chi connectivity index (χ4n) is 4.17. The number of benzene rings is 1. The van der Waals surface area contributed by atoms with Gasteiger partial charge >= 0.3 is 0 Å². The zero-order chi connectivity index (χ0) is 21.4. The Hall–Kier alpha value is -2.67. The third-order valence-electron chi connectivity index (χ3n) is 6.17. The number of aromatic nitrogens is 4. The summed E-state index contributed by atoms with van der Waals surface area (Å²) < 4.78 is 0. The van der Waals surface area contributed by atoms with Crippen LogP contribution in [0.25, 0.3) is 0 Å². The second-order valence-corrected chi connectivity index (χ2v) is 9.68. The molecule has 0 spiro atoms. The molecular formula is C24H27N5OS. The number of aryl methyl sites for hydroxylation is 2. The van der Waals surface area contributed by atoms with Crippen molar-refractivity contribution in [2.45, 2.75) is 61.3 Å². The molecule has 0 atom stereocenters. The summed E-state index contributed by atoms with van der Waals surface area (Å²) in [5, 5.41) is 8.30. The van der Waals surface area contributed by atoms with Gasteiger partial charge in [-0.15, -0.1) is 0 Å². The molecule has 160 valence electrons. The van der Waals surface area contributed by atoms with Gasteiger partial charge in [-0.3, -0.25) is 9.89 Å². The van der Waals surface area contributed by atoms with Crippen molar-refractivity contribution < 1.29 is 4.79 Å². The van der Waals surface area contributed by atoms with Gasteiger partial charge in [0.2, 0.25) is 0 Å². The van der Waals surface area contributed by atoms with Crippen LogP contribution in [0.5, 0.6) is 0 Å². The highest BCUT2D eigenvalue weighted by atomic mass is 32.2. The minimum Gasteiger partial charge on any atom is -0.339 e. The van der Waals surface area contributed by atoms with E-state index in [9.17, 15) is 4.79 Å². The first kappa shape index (κ1) is 20.2. The third kappa shape index (κ3) is 4.37. The Morgan fingerprint density at radius 1 is 1.10 bits per heavy atom. The highest BCUT2D eigenvalue weighted by Crippen LogP contribution is 2.39. The van der Waals surface area contributed by atoms with Gasteiger partial charge in [-0.2, -0.15) is 5.10 Å². The van der Waals surface area contributed by atoms with Crippen LogP contribution in [0.1, 0.15) is 70.7 Å². The van der Waals surface area contributed by atoms with E-state index in [4.69, 9.17) is 4.98 Å². The van der Waals surface area contributed by atoms with Crippen LogP contribution in [0.4, 0.5) is 0 Å². The Balaban J connectivity index is 1.27. The number of piperidine rings is 1. The van der Waals surface area contributed by atoms with Crippen LogP contribution in [0.3, 0.4) is 0 Å². The maximum Gasteiger partial charge on any atom is 0.256 e. The van der Waals surface area contributed by atoms with Crippen molar-refractivity contribution in [1.29, 1.82) is 0 Å². The maximum absolute atomic E-state index is 13.3. The van der Waals surface area contributed by atoms with E-state index in [1.807, 2.05) is 17.0 Å². The Morgan fingerprint density at radius 2 is 1.90 bits per heavy atom. The molecule has 1 amide bonds. The number of nitrogens with zero attached hydrogens (tertiary/aromatic N) is 4. The lowest BCUT2D eigenvalue weighted by Crippen LogP contribution is -2.38. The summed E-state index contributed by atoms with van der Waals surface area (Å²) in [7, 11) is 0. The lowest BCUT2D eigenvalue weighted by molar-refractivity contribution is 0.0706. The molecule has 0 unspecified atom stereocenters. The van der Waals surface area contributed by atoms with Crippen LogP contribution in [-0.2, 0) is 0 Å². The molecule has 3 aromatic rings. The van der Waals surface area contributed by atoms with Crippen molar-refractivity contribution in [2.24, 2.45) is 0 Å². The summed E-state index contributed by atoms with van der Waals surface area (Å²) in [6.07, 6.45) is 5.99. The monoisotopic (exact) mass is 433 g/mol. The minimum atomic E-state index is 0.0649. The van der Waals surface area contributed by atoms with Crippen molar-refractivity contribution in [2.75, 3.05) is 13.1 Å². The lowest BCUT2D eigenvalue weighted by atomic mass is 9.96. The molecule has 1 aromatic carbocycles. The molecule has 1 saturated heterocycles. The Bertz CT molecular complexity index is 1100. The van der Waals surface area contributed by atoms with Gasteiger partial charge < -0.3 is 4.90 Å². The number of amides is 1. The summed E-state index contributed by atoms with van der Waals surface area (Å²) in [6, 6.07) is 10.1. The largest absolute Gasteiger partial charge is 0.339 e. The number of pyridine rings is 1. The van der Waals surface area contributed by atoms with Crippen molar-refractivity contribution >= 4 is 17.7 Å². The molecule has 2 fully saturated rings. The average Bonchev–Trinajstić information content (AvgIpc) is 3.52. The van der Waals surface area contributed by atoms with E-state index in [-0.39, 0.29) is 5.91 Å². The van der Waals surface area contributed by atoms with E-state index >= 15 is 0 Å². The molecule has 6 nitrogen and oxygen atoms in total. The van der Waals surface area contributed by atoms with E-state index < -0.39 is 0 Å². The van der Waals surface area contributed by atoms with Gasteiger partial charge in [0.05, 0.1) is 5.56 Å². The predicted molar refractivity (Wildman–Crippen MR) is 121 cm³/mol. The molecule has 1 saturated carbocycles. The average molecular weight is 434 g/mol. The fraction of sp³-hybridized carbons (Fsp3) is 0.417. The van der Waals surface area contributed by atoms with Gasteiger partial charge in [0.25, 0.3) is 5.91 Å². The number of H-pyrrole nitrogens is 1. The number of carbonyl (C=O) groups is 1. The Morgan fingerprint density at radius 3 is 2.65 bits per heavy atom. The van der Waals surface area contributed by atoms with Crippen LogP contribution in [-0.4, -0.2) is 44.1 Å². The Labute approximate surface area is 186 Å². The first-order valence-electron chi connectivity index (χ1n) is 11.0. The molecule has 0 bridgehead atoms. The third-order valence-corrected chi connectivity index (χ3v) is 7.37. The van der Waals surface area contributed by atoms with Gasteiger partial charge in [-0.1, -0.05) is 29.5 Å². The van der Waals surface area contributed by atoms with Crippen molar-refractivity contribution in [3.8, 4) is 0 Å². The van der Waals surface area contributed by atoms with E-state index in [1.54, 1.807) is 18.0 Å². The molecule has 1 aliphatic heterocycles. The topological polar surface area (TPSA) is 74.8 Å². The summed E-state index contributed by atoms with van der Waals surface area (Å²) in [6.45, 7) is 5.64. The SMILES string of the molecule is Cc1ccc(Sc2ncccc2C(=O)N2CCC(c3nc(C4CC4)n[nH]3)CC2)c(C)c1. The molecular weight excluding hydrogens is 406 g/mol. The van der Waals surface area contributed by atoms with Crippen molar-refractivity contribution in [1.82, 2.24) is 25.1 Å². The van der Waals surface area contributed by atoms with Crippen molar-refractivity contribution in [3.05, 3.63) is 64.9 Å². The van der Waals surface area contributed by atoms with E-state index in [2.05, 4.69) is 47.2 Å². The zero-order valence-corrected chi connectivity index (χ0v) is 18.8. The van der Waals surface area contributed by atoms with Crippen LogP contribution in [0.15, 0.2) is 46.5 Å². The normalized spacial score (nSPS) is 17.2. The first-order chi connectivity index (χ1) is 15.1. The van der Waals surface area contributed by atoms with E-state index in [1.165, 1.54) is 24.0 Å². The molecule has 31 heavy (non-hydrogen) atoms. The molecule has 7 heteroatoms. The second-order valence-electron chi connectivity index (χ2n) is 8.65. The molecule has 2 aliphatic rings. The van der Waals surface area contributed by atoms with Crippen LogP contribution in [0, 0.1) is 13.8 Å². The minimum absolute atomic E-state index is 0.0649. The molecule has 1 aliphatic carbocycles. The van der Waals surface area contributed by atoms with Crippen LogP contribution in [0.2, 0.25) is 0 Å². The first-order valence-corrected chi connectivity index (χ1v) is 11.8. The summed E-state index contributed by atoms with van der Waals surface area (Å²) in [5.74, 6) is 2.93. The van der Waals surface area contributed by atoms with Crippen LogP contribution < -0.4 is 0 Å². The summed E-state index contributed by atoms with van der Waals surface area (Å²) in [5.41, 5.74) is 3.12. The highest BCUT2D eigenvalue weighted by molar-refractivity contribution is 7.99. The summed E-state index contributed by atoms with van der Waals surface area (Å²) >= 11 is 1.57. The smallest absolute Gasteiger partial charge is 0.256 e. The number of aromatic amines is 1. The predicted octanol–water partition coefficient (Wildman–Crippen LogP) is 4.86. The maximum atomic E-state index is 13.3. The van der Waals surface area contributed by atoms with Crippen LogP contribution >= 0.6 is 11.8 Å². The van der Waals surface area contributed by atoms with E-state index in [0.29, 0.717) is 17.4 Å². The molecule has 3 heterocycles. The van der Waals surface area contributed by atoms with Gasteiger partial charge in [-0.05, 0) is 63.3 Å². The highest BCUT2D eigenvalue weighted by Gasteiger charge is 2.31. The van der Waals surface area contributed by atoms with E-state index in [0.717, 1.165) is 47.5 Å². The summed E-state index contributed by atoms with van der Waals surface area (Å²) in [4.78, 5) is 25.7. The Kier molecular flexibility index (Phi) is 5.52. The quantitative estimate of drug-likeness (QED) is 0.622. The molecule has 2 aromatic heterocycles.